The van der Waals surface area contributed by atoms with Crippen LogP contribution in [0.2, 0.25) is 0 Å². The number of nitrogens with zero attached hydrogens (tertiary/aromatic N) is 4. The molecule has 0 spiro atoms. The van der Waals surface area contributed by atoms with Gasteiger partial charge in [-0.05, 0) is 75.2 Å². The van der Waals surface area contributed by atoms with Crippen molar-refractivity contribution >= 4 is 43.6 Å². The van der Waals surface area contributed by atoms with Gasteiger partial charge in [-0.1, -0.05) is 97.1 Å². The lowest BCUT2D eigenvalue weighted by atomic mass is 10.1. The first-order valence-corrected chi connectivity index (χ1v) is 17.9. The molecule has 0 saturated heterocycles. The van der Waals surface area contributed by atoms with Crippen LogP contribution in [0.3, 0.4) is 0 Å². The molecule has 2 N–H and O–H groups in total. The van der Waals surface area contributed by atoms with Crippen LogP contribution in [0.4, 0.5) is 0 Å². The van der Waals surface area contributed by atoms with Crippen LogP contribution in [0.15, 0.2) is 121 Å². The van der Waals surface area contributed by atoms with E-state index in [4.69, 9.17) is 9.97 Å². The largest absolute Gasteiger partial charge is 0.334 e. The zero-order valence-electron chi connectivity index (χ0n) is 29.0. The first-order valence-electron chi connectivity index (χ1n) is 17.9. The van der Waals surface area contributed by atoms with Gasteiger partial charge in [0.05, 0.1) is 33.8 Å². The molecule has 0 radical (unpaired) electrons. The fraction of sp³-hybridized carbons (Fsp3) is 0.227. The van der Waals surface area contributed by atoms with Gasteiger partial charge in [-0.25, -0.2) is 0 Å². The third-order valence-electron chi connectivity index (χ3n) is 9.89. The van der Waals surface area contributed by atoms with Gasteiger partial charge >= 0.3 is 0 Å². The van der Waals surface area contributed by atoms with Crippen LogP contribution in [0.5, 0.6) is 0 Å². The van der Waals surface area contributed by atoms with Crippen molar-refractivity contribution in [1.82, 2.24) is 29.7 Å². The highest BCUT2D eigenvalue weighted by Gasteiger charge is 2.16. The molecular formula is C44H44N6. The smallest absolute Gasteiger partial charge is 0.0711 e. The molecule has 4 aromatic carbocycles. The van der Waals surface area contributed by atoms with E-state index >= 15 is 0 Å². The van der Waals surface area contributed by atoms with Gasteiger partial charge in [0, 0.05) is 58.8 Å². The molecule has 0 aliphatic heterocycles. The molecule has 0 saturated carbocycles. The molecule has 0 aliphatic carbocycles. The molecule has 250 valence electrons. The summed E-state index contributed by atoms with van der Waals surface area (Å²) < 4.78 is 4.84. The highest BCUT2D eigenvalue weighted by Crippen LogP contribution is 2.33. The van der Waals surface area contributed by atoms with Gasteiger partial charge in [-0.3, -0.25) is 9.97 Å². The maximum atomic E-state index is 5.05. The van der Waals surface area contributed by atoms with E-state index in [0.717, 1.165) is 74.9 Å². The molecule has 0 bridgehead atoms. The van der Waals surface area contributed by atoms with Gasteiger partial charge in [0.2, 0.25) is 0 Å². The van der Waals surface area contributed by atoms with Crippen molar-refractivity contribution < 1.29 is 0 Å². The minimum absolute atomic E-state index is 0.767. The minimum Gasteiger partial charge on any atom is -0.334 e. The fourth-order valence-electron chi connectivity index (χ4n) is 7.64. The minimum atomic E-state index is 0.767. The van der Waals surface area contributed by atoms with Crippen molar-refractivity contribution in [2.75, 3.05) is 13.1 Å². The molecular weight excluding hydrogens is 613 g/mol. The summed E-state index contributed by atoms with van der Waals surface area (Å²) in [5.41, 5.74) is 11.9. The van der Waals surface area contributed by atoms with Gasteiger partial charge < -0.3 is 19.8 Å². The Bertz CT molecular complexity index is 2230. The van der Waals surface area contributed by atoms with Crippen LogP contribution >= 0.6 is 0 Å². The van der Waals surface area contributed by atoms with Crippen molar-refractivity contribution in [2.45, 2.75) is 52.9 Å². The summed E-state index contributed by atoms with van der Waals surface area (Å²) in [6.45, 7) is 9.42. The third-order valence-corrected chi connectivity index (χ3v) is 9.89. The maximum Gasteiger partial charge on any atom is 0.0711 e. The molecule has 8 rings (SSSR count). The Morgan fingerprint density at radius 2 is 0.880 bits per heavy atom. The highest BCUT2D eigenvalue weighted by atomic mass is 15.0. The topological polar surface area (TPSA) is 59.7 Å². The van der Waals surface area contributed by atoms with Gasteiger partial charge in [0.15, 0.2) is 0 Å². The van der Waals surface area contributed by atoms with Crippen LogP contribution in [-0.4, -0.2) is 32.2 Å². The van der Waals surface area contributed by atoms with Gasteiger partial charge in [0.1, 0.15) is 0 Å². The first kappa shape index (κ1) is 31.9. The van der Waals surface area contributed by atoms with E-state index in [0.29, 0.717) is 0 Å². The maximum absolute atomic E-state index is 5.05. The highest BCUT2D eigenvalue weighted by molar-refractivity contribution is 6.09. The number of fused-ring (bicyclic) bond motifs is 6. The average Bonchev–Trinajstić information content (AvgIpc) is 3.63. The summed E-state index contributed by atoms with van der Waals surface area (Å²) in [5.74, 6) is 0. The Kier molecular flexibility index (Phi) is 9.12. The van der Waals surface area contributed by atoms with E-state index < -0.39 is 0 Å². The molecule has 4 heterocycles. The van der Waals surface area contributed by atoms with Gasteiger partial charge in [-0.15, -0.1) is 0 Å². The Balaban J connectivity index is 0.870. The van der Waals surface area contributed by atoms with E-state index in [1.54, 1.807) is 0 Å². The normalized spacial score (nSPS) is 11.8. The van der Waals surface area contributed by atoms with Crippen molar-refractivity contribution in [3.8, 4) is 0 Å². The quantitative estimate of drug-likeness (QED) is 0.122. The van der Waals surface area contributed by atoms with E-state index in [1.807, 2.05) is 0 Å². The lowest BCUT2D eigenvalue weighted by Crippen LogP contribution is -2.19. The second-order valence-corrected chi connectivity index (χ2v) is 13.4. The van der Waals surface area contributed by atoms with Gasteiger partial charge in [-0.2, -0.15) is 0 Å². The predicted molar refractivity (Wildman–Crippen MR) is 208 cm³/mol. The van der Waals surface area contributed by atoms with E-state index in [2.05, 4.69) is 155 Å². The summed E-state index contributed by atoms with van der Waals surface area (Å²) in [4.78, 5) is 10.1. The van der Waals surface area contributed by atoms with E-state index in [9.17, 15) is 0 Å². The number of benzene rings is 4. The molecule has 8 aromatic rings. The van der Waals surface area contributed by atoms with Crippen LogP contribution in [0.25, 0.3) is 43.6 Å². The number of para-hydroxylation sites is 2. The Morgan fingerprint density at radius 3 is 1.32 bits per heavy atom. The number of unbranched alkanes of at least 4 members (excludes halogenated alkanes) is 1. The zero-order chi connectivity index (χ0) is 33.9. The number of nitrogens with one attached hydrogen (secondary N) is 2. The number of aryl methyl sites for hydroxylation is 2. The molecule has 0 atom stereocenters. The lowest BCUT2D eigenvalue weighted by molar-refractivity contribution is 0.576. The van der Waals surface area contributed by atoms with Crippen molar-refractivity contribution in [3.63, 3.8) is 0 Å². The summed E-state index contributed by atoms with van der Waals surface area (Å²) in [6.07, 6.45) is 2.20. The average molecular weight is 657 g/mol. The Hall–Kier alpha value is -5.30. The standard InChI is InChI=1S/C44H44N6/c1-31-43-39(37-19-9-11-21-41(37)49(43)29-33-15-5-3-6-16-33)25-35(47-31)27-45-23-13-14-24-46-28-36-26-40-38-20-10-12-22-42(38)50(44(40)32(2)48-36)30-34-17-7-4-8-18-34/h3-12,15-22,25-26,45-46H,13-14,23-24,27-30H2,1-2H3. The number of hydrogen-bond acceptors (Lipinski definition) is 4. The zero-order valence-corrected chi connectivity index (χ0v) is 29.0. The number of pyridine rings is 2. The summed E-state index contributed by atoms with van der Waals surface area (Å²) in [7, 11) is 0. The molecule has 0 unspecified atom stereocenters. The second kappa shape index (κ2) is 14.3. The molecule has 6 heteroatoms. The van der Waals surface area contributed by atoms with Crippen molar-refractivity contribution in [3.05, 3.63) is 155 Å². The molecule has 0 fully saturated rings. The van der Waals surface area contributed by atoms with Crippen LogP contribution in [0, 0.1) is 13.8 Å². The van der Waals surface area contributed by atoms with Crippen LogP contribution < -0.4 is 10.6 Å². The van der Waals surface area contributed by atoms with Crippen molar-refractivity contribution in [1.29, 1.82) is 0 Å². The molecule has 0 amide bonds. The Morgan fingerprint density at radius 1 is 0.480 bits per heavy atom. The third kappa shape index (κ3) is 6.40. The monoisotopic (exact) mass is 656 g/mol. The SMILES string of the molecule is Cc1nc(CNCCCCNCc2cc3c4ccccc4n(Cc4ccccc4)c3c(C)n2)cc2c3ccccc3n(Cc3ccccc3)c12. The summed E-state index contributed by atoms with van der Waals surface area (Å²) in [5, 5.41) is 12.4. The molecule has 6 nitrogen and oxygen atoms in total. The fourth-order valence-corrected chi connectivity index (χ4v) is 7.64. The van der Waals surface area contributed by atoms with E-state index in [1.165, 1.54) is 54.7 Å². The van der Waals surface area contributed by atoms with E-state index in [-0.39, 0.29) is 0 Å². The number of aromatic nitrogens is 4. The van der Waals surface area contributed by atoms with Crippen LogP contribution in [0.1, 0.15) is 46.7 Å². The Labute approximate surface area is 293 Å². The van der Waals surface area contributed by atoms with Crippen LogP contribution in [-0.2, 0) is 26.2 Å². The summed E-state index contributed by atoms with van der Waals surface area (Å²) >= 11 is 0. The predicted octanol–water partition coefficient (Wildman–Crippen LogP) is 9.07. The summed E-state index contributed by atoms with van der Waals surface area (Å²) in [6, 6.07) is 43.4. The molecule has 4 aromatic heterocycles. The van der Waals surface area contributed by atoms with Gasteiger partial charge in [0.25, 0.3) is 0 Å². The van der Waals surface area contributed by atoms with Crippen molar-refractivity contribution in [2.24, 2.45) is 0 Å². The number of rotatable bonds is 13. The molecule has 0 aliphatic rings. The second-order valence-electron chi connectivity index (χ2n) is 13.4. The lowest BCUT2D eigenvalue weighted by Gasteiger charge is -2.11. The molecule has 50 heavy (non-hydrogen) atoms. The number of hydrogen-bond donors (Lipinski definition) is 2. The first-order chi connectivity index (χ1) is 24.6.